The van der Waals surface area contributed by atoms with Crippen LogP contribution in [0.4, 0.5) is 13.2 Å². The summed E-state index contributed by atoms with van der Waals surface area (Å²) in [6.07, 6.45) is -2.76. The highest BCUT2D eigenvalue weighted by Crippen LogP contribution is 2.37. The van der Waals surface area contributed by atoms with Crippen molar-refractivity contribution in [3.63, 3.8) is 0 Å². The van der Waals surface area contributed by atoms with Gasteiger partial charge in [-0.1, -0.05) is 18.6 Å². The minimum Gasteiger partial charge on any atom is -0.507 e. The molecule has 2 atom stereocenters. The molecule has 0 bridgehead atoms. The predicted molar refractivity (Wildman–Crippen MR) is 117 cm³/mol. The Labute approximate surface area is 185 Å². The topological polar surface area (TPSA) is 85.8 Å². The number of nitrogens with zero attached hydrogens (tertiary/aromatic N) is 1. The summed E-state index contributed by atoms with van der Waals surface area (Å²) in [4.78, 5) is 16.3. The van der Waals surface area contributed by atoms with Gasteiger partial charge in [0, 0.05) is 19.1 Å². The van der Waals surface area contributed by atoms with Crippen LogP contribution in [-0.4, -0.2) is 48.8 Å². The van der Waals surface area contributed by atoms with Gasteiger partial charge in [0.15, 0.2) is 5.96 Å². The van der Waals surface area contributed by atoms with E-state index in [-0.39, 0.29) is 67.3 Å². The van der Waals surface area contributed by atoms with Gasteiger partial charge < -0.3 is 21.1 Å². The van der Waals surface area contributed by atoms with Crippen LogP contribution in [0.3, 0.4) is 0 Å². The molecule has 2 unspecified atom stereocenters. The first-order valence-electron chi connectivity index (χ1n) is 9.49. The number of halogens is 4. The fraction of sp³-hybridized carbons (Fsp3) is 0.579. The van der Waals surface area contributed by atoms with Gasteiger partial charge in [0.2, 0.25) is 0 Å². The molecule has 1 aliphatic carbocycles. The van der Waals surface area contributed by atoms with Gasteiger partial charge in [-0.3, -0.25) is 9.79 Å². The third-order valence-electron chi connectivity index (χ3n) is 4.64. The number of carbonyl (C=O) groups is 1. The maximum absolute atomic E-state index is 13.0. The number of amides is 1. The second-order valence-electron chi connectivity index (χ2n) is 6.78. The monoisotopic (exact) mass is 528 g/mol. The Bertz CT molecular complexity index is 686. The number of hydrogen-bond acceptors (Lipinski definition) is 3. The minimum absolute atomic E-state index is 0. The Kier molecular flexibility index (Phi) is 10.5. The van der Waals surface area contributed by atoms with Gasteiger partial charge in [-0.2, -0.15) is 13.2 Å². The van der Waals surface area contributed by atoms with Crippen LogP contribution in [0.15, 0.2) is 29.3 Å². The van der Waals surface area contributed by atoms with E-state index in [0.29, 0.717) is 25.3 Å². The lowest BCUT2D eigenvalue weighted by Crippen LogP contribution is -2.47. The van der Waals surface area contributed by atoms with Crippen molar-refractivity contribution in [2.45, 2.75) is 44.8 Å². The molecular formula is C19H28F3IN4O2. The van der Waals surface area contributed by atoms with Crippen molar-refractivity contribution in [2.75, 3.05) is 19.6 Å². The molecule has 1 saturated carbocycles. The van der Waals surface area contributed by atoms with E-state index in [1.54, 1.807) is 12.1 Å². The van der Waals surface area contributed by atoms with E-state index in [2.05, 4.69) is 20.9 Å². The van der Waals surface area contributed by atoms with Crippen molar-refractivity contribution in [2.24, 2.45) is 10.9 Å². The zero-order valence-electron chi connectivity index (χ0n) is 16.3. The van der Waals surface area contributed by atoms with Crippen LogP contribution in [-0.2, 0) is 0 Å². The average molecular weight is 528 g/mol. The Hall–Kier alpha value is -1.72. The van der Waals surface area contributed by atoms with E-state index in [1.165, 1.54) is 12.1 Å². The molecule has 1 aromatic rings. The number of carbonyl (C=O) groups excluding carboxylic acids is 1. The molecule has 1 aliphatic rings. The fourth-order valence-electron chi connectivity index (χ4n) is 3.23. The summed E-state index contributed by atoms with van der Waals surface area (Å²) in [5, 5.41) is 18.4. The summed E-state index contributed by atoms with van der Waals surface area (Å²) >= 11 is 0. The largest absolute Gasteiger partial charge is 0.507 e. The van der Waals surface area contributed by atoms with E-state index in [1.807, 2.05) is 6.92 Å². The van der Waals surface area contributed by atoms with Gasteiger partial charge in [0.1, 0.15) is 5.75 Å². The van der Waals surface area contributed by atoms with Crippen LogP contribution in [0, 0.1) is 5.92 Å². The summed E-state index contributed by atoms with van der Waals surface area (Å²) < 4.78 is 38.9. The van der Waals surface area contributed by atoms with Crippen molar-refractivity contribution in [1.82, 2.24) is 16.0 Å². The number of rotatable bonds is 6. The standard InChI is InChI=1S/C19H27F3N4O2.HI/c1-2-23-18(26-14-7-5-6-13(12-14)19(20,21)22)25-11-10-24-17(28)15-8-3-4-9-16(15)27;/h3-4,8-9,13-14,27H,2,5-7,10-12H2,1H3,(H,24,28)(H2,23,25,26);1H. The SMILES string of the molecule is CCNC(=NCCNC(=O)c1ccccc1O)NC1CCCC(C(F)(F)F)C1.I. The molecule has 0 saturated heterocycles. The molecule has 0 aromatic heterocycles. The third kappa shape index (κ3) is 8.27. The number of para-hydroxylation sites is 1. The molecule has 1 fully saturated rings. The van der Waals surface area contributed by atoms with Crippen molar-refractivity contribution >= 4 is 35.8 Å². The molecule has 0 spiro atoms. The highest BCUT2D eigenvalue weighted by atomic mass is 127. The summed E-state index contributed by atoms with van der Waals surface area (Å²) in [7, 11) is 0. The number of guanidine groups is 1. The molecular weight excluding hydrogens is 500 g/mol. The number of aliphatic imine (C=N–C) groups is 1. The fourth-order valence-corrected chi connectivity index (χ4v) is 3.23. The first-order valence-corrected chi connectivity index (χ1v) is 9.49. The summed E-state index contributed by atoms with van der Waals surface area (Å²) in [5.74, 6) is -1.35. The molecule has 2 rings (SSSR count). The van der Waals surface area contributed by atoms with Gasteiger partial charge >= 0.3 is 6.18 Å². The molecule has 4 N–H and O–H groups in total. The van der Waals surface area contributed by atoms with Crippen molar-refractivity contribution in [3.8, 4) is 5.75 Å². The van der Waals surface area contributed by atoms with E-state index in [0.717, 1.165) is 0 Å². The zero-order chi connectivity index (χ0) is 20.6. The second kappa shape index (κ2) is 12.1. The van der Waals surface area contributed by atoms with Crippen molar-refractivity contribution in [1.29, 1.82) is 0 Å². The molecule has 0 radical (unpaired) electrons. The third-order valence-corrected chi connectivity index (χ3v) is 4.64. The van der Waals surface area contributed by atoms with Gasteiger partial charge in [0.25, 0.3) is 5.91 Å². The lowest BCUT2D eigenvalue weighted by Gasteiger charge is -2.31. The highest BCUT2D eigenvalue weighted by molar-refractivity contribution is 14.0. The normalized spacial score (nSPS) is 19.8. The lowest BCUT2D eigenvalue weighted by molar-refractivity contribution is -0.183. The van der Waals surface area contributed by atoms with E-state index >= 15 is 0 Å². The molecule has 6 nitrogen and oxygen atoms in total. The predicted octanol–water partition coefficient (Wildman–Crippen LogP) is 3.42. The van der Waals surface area contributed by atoms with Gasteiger partial charge in [-0.05, 0) is 38.3 Å². The molecule has 1 amide bonds. The summed E-state index contributed by atoms with van der Waals surface area (Å²) in [6, 6.07) is 5.94. The number of benzene rings is 1. The number of hydrogen-bond donors (Lipinski definition) is 4. The summed E-state index contributed by atoms with van der Waals surface area (Å²) in [5.41, 5.74) is 0.178. The number of nitrogens with one attached hydrogen (secondary N) is 3. The van der Waals surface area contributed by atoms with Crippen LogP contribution in [0.5, 0.6) is 5.75 Å². The van der Waals surface area contributed by atoms with Crippen LogP contribution in [0.2, 0.25) is 0 Å². The van der Waals surface area contributed by atoms with Crippen LogP contribution >= 0.6 is 24.0 Å². The smallest absolute Gasteiger partial charge is 0.391 e. The second-order valence-corrected chi connectivity index (χ2v) is 6.78. The molecule has 10 heteroatoms. The average Bonchev–Trinajstić information content (AvgIpc) is 2.65. The number of aromatic hydroxyl groups is 1. The van der Waals surface area contributed by atoms with Gasteiger partial charge in [-0.25, -0.2) is 0 Å². The van der Waals surface area contributed by atoms with Crippen LogP contribution in [0.25, 0.3) is 0 Å². The Morgan fingerprint density at radius 3 is 2.62 bits per heavy atom. The Balaban J connectivity index is 0.00000420. The number of phenols is 1. The first kappa shape index (κ1) is 25.3. The van der Waals surface area contributed by atoms with Crippen molar-refractivity contribution in [3.05, 3.63) is 29.8 Å². The number of alkyl halides is 3. The maximum atomic E-state index is 13.0. The van der Waals surface area contributed by atoms with Gasteiger partial charge in [-0.15, -0.1) is 24.0 Å². The molecule has 164 valence electrons. The Morgan fingerprint density at radius 2 is 1.97 bits per heavy atom. The molecule has 29 heavy (non-hydrogen) atoms. The quantitative estimate of drug-likeness (QED) is 0.197. The van der Waals surface area contributed by atoms with Gasteiger partial charge in [0.05, 0.1) is 18.0 Å². The first-order chi connectivity index (χ1) is 13.3. The minimum atomic E-state index is -4.16. The van der Waals surface area contributed by atoms with Crippen molar-refractivity contribution < 1.29 is 23.1 Å². The number of phenolic OH excluding ortho intramolecular Hbond substituents is 1. The van der Waals surface area contributed by atoms with E-state index in [4.69, 9.17) is 0 Å². The molecule has 0 heterocycles. The molecule has 0 aliphatic heterocycles. The zero-order valence-corrected chi connectivity index (χ0v) is 18.6. The van der Waals surface area contributed by atoms with E-state index in [9.17, 15) is 23.1 Å². The van der Waals surface area contributed by atoms with E-state index < -0.39 is 18.0 Å². The molecule has 1 aromatic carbocycles. The lowest BCUT2D eigenvalue weighted by atomic mass is 9.85. The van der Waals surface area contributed by atoms with Crippen LogP contribution in [0.1, 0.15) is 43.0 Å². The van der Waals surface area contributed by atoms with Crippen LogP contribution < -0.4 is 16.0 Å². The maximum Gasteiger partial charge on any atom is 0.391 e. The highest BCUT2D eigenvalue weighted by Gasteiger charge is 2.42. The summed E-state index contributed by atoms with van der Waals surface area (Å²) in [6.45, 7) is 2.94. The Morgan fingerprint density at radius 1 is 1.24 bits per heavy atom.